The highest BCUT2D eigenvalue weighted by atomic mass is 32.2. The summed E-state index contributed by atoms with van der Waals surface area (Å²) in [4.78, 5) is 28.3. The van der Waals surface area contributed by atoms with Crippen molar-refractivity contribution in [3.8, 4) is 5.75 Å². The molecule has 0 aliphatic carbocycles. The van der Waals surface area contributed by atoms with Crippen LogP contribution in [0.5, 0.6) is 5.75 Å². The summed E-state index contributed by atoms with van der Waals surface area (Å²) in [5.41, 5.74) is 1.05. The summed E-state index contributed by atoms with van der Waals surface area (Å²) in [6.07, 6.45) is -0.0253. The maximum Gasteiger partial charge on any atom is 0.240 e. The Kier molecular flexibility index (Phi) is 4.99. The number of carbonyl (C=O) groups is 2. The molecule has 3 rings (SSSR count). The summed E-state index contributed by atoms with van der Waals surface area (Å²) in [6.45, 7) is 0. The van der Waals surface area contributed by atoms with E-state index in [2.05, 4.69) is 15.6 Å². The van der Waals surface area contributed by atoms with Gasteiger partial charge in [0.05, 0.1) is 5.69 Å². The molecule has 0 saturated carbocycles. The smallest absolute Gasteiger partial charge is 0.240 e. The first-order valence-electron chi connectivity index (χ1n) is 7.40. The summed E-state index contributed by atoms with van der Waals surface area (Å²) in [6, 6.07) is 11.6. The topological polar surface area (TPSA) is 90.8 Å². The van der Waals surface area contributed by atoms with Crippen molar-refractivity contribution < 1.29 is 19.1 Å². The van der Waals surface area contributed by atoms with Gasteiger partial charge in [0.15, 0.2) is 5.17 Å². The molecular formula is C17H14FN3O3S. The molecule has 128 valence electrons. The number of benzene rings is 2. The lowest BCUT2D eigenvalue weighted by atomic mass is 10.2. The number of thioether (sulfide) groups is 1. The third kappa shape index (κ3) is 4.57. The average Bonchev–Trinajstić information content (AvgIpc) is 2.91. The summed E-state index contributed by atoms with van der Waals surface area (Å²) < 4.78 is 12.9. The Morgan fingerprint density at radius 2 is 1.88 bits per heavy atom. The zero-order valence-corrected chi connectivity index (χ0v) is 13.7. The number of hydrogen-bond acceptors (Lipinski definition) is 5. The highest BCUT2D eigenvalue weighted by molar-refractivity contribution is 8.15. The molecular weight excluding hydrogens is 345 g/mol. The fourth-order valence-corrected chi connectivity index (χ4v) is 3.14. The van der Waals surface area contributed by atoms with Gasteiger partial charge in [-0.2, -0.15) is 0 Å². The lowest BCUT2D eigenvalue weighted by molar-refractivity contribution is -0.122. The summed E-state index contributed by atoms with van der Waals surface area (Å²) in [7, 11) is 0. The predicted molar refractivity (Wildman–Crippen MR) is 94.4 cm³/mol. The summed E-state index contributed by atoms with van der Waals surface area (Å²) in [5, 5.41) is 14.3. The van der Waals surface area contributed by atoms with E-state index in [1.807, 2.05) is 0 Å². The lowest BCUT2D eigenvalue weighted by Crippen LogP contribution is -2.28. The van der Waals surface area contributed by atoms with Crippen LogP contribution >= 0.6 is 11.8 Å². The second-order valence-corrected chi connectivity index (χ2v) is 6.48. The molecule has 1 saturated heterocycles. The first kappa shape index (κ1) is 17.0. The fourth-order valence-electron chi connectivity index (χ4n) is 2.15. The van der Waals surface area contributed by atoms with Crippen LogP contribution in [-0.2, 0) is 9.59 Å². The van der Waals surface area contributed by atoms with Crippen LogP contribution in [0.2, 0.25) is 0 Å². The van der Waals surface area contributed by atoms with Crippen LogP contribution in [0.4, 0.5) is 15.8 Å². The summed E-state index contributed by atoms with van der Waals surface area (Å²) in [5.74, 6) is -0.900. The fraction of sp³-hybridized carbons (Fsp3) is 0.118. The van der Waals surface area contributed by atoms with Crippen LogP contribution in [0.1, 0.15) is 6.42 Å². The number of amides is 2. The van der Waals surface area contributed by atoms with E-state index in [0.29, 0.717) is 16.5 Å². The Morgan fingerprint density at radius 3 is 2.56 bits per heavy atom. The molecule has 1 aliphatic rings. The largest absolute Gasteiger partial charge is 0.508 e. The Morgan fingerprint density at radius 1 is 1.20 bits per heavy atom. The van der Waals surface area contributed by atoms with Crippen LogP contribution in [0.15, 0.2) is 53.5 Å². The minimum absolute atomic E-state index is 0.0253. The van der Waals surface area contributed by atoms with E-state index in [1.165, 1.54) is 48.2 Å². The quantitative estimate of drug-likeness (QED) is 0.783. The van der Waals surface area contributed by atoms with E-state index in [0.717, 1.165) is 0 Å². The van der Waals surface area contributed by atoms with E-state index in [-0.39, 0.29) is 29.8 Å². The van der Waals surface area contributed by atoms with Crippen molar-refractivity contribution in [3.05, 3.63) is 54.3 Å². The molecule has 2 aromatic rings. The van der Waals surface area contributed by atoms with Crippen molar-refractivity contribution in [3.63, 3.8) is 0 Å². The molecule has 8 heteroatoms. The molecule has 2 aromatic carbocycles. The molecule has 1 heterocycles. The van der Waals surface area contributed by atoms with Crippen molar-refractivity contribution in [2.75, 3.05) is 5.32 Å². The number of halogens is 1. The molecule has 0 radical (unpaired) electrons. The van der Waals surface area contributed by atoms with Gasteiger partial charge >= 0.3 is 0 Å². The third-order valence-electron chi connectivity index (χ3n) is 3.36. The number of nitrogens with one attached hydrogen (secondary N) is 2. The van der Waals surface area contributed by atoms with Crippen molar-refractivity contribution in [2.45, 2.75) is 11.7 Å². The number of aliphatic imine (C=N–C) groups is 1. The second kappa shape index (κ2) is 7.35. The van der Waals surface area contributed by atoms with Gasteiger partial charge in [-0.3, -0.25) is 9.59 Å². The van der Waals surface area contributed by atoms with Crippen molar-refractivity contribution in [1.29, 1.82) is 0 Å². The number of anilines is 1. The van der Waals surface area contributed by atoms with E-state index >= 15 is 0 Å². The molecule has 0 spiro atoms. The van der Waals surface area contributed by atoms with Crippen LogP contribution in [0.25, 0.3) is 0 Å². The van der Waals surface area contributed by atoms with Gasteiger partial charge in [0, 0.05) is 12.1 Å². The van der Waals surface area contributed by atoms with Gasteiger partial charge in [0.2, 0.25) is 11.8 Å². The first-order chi connectivity index (χ1) is 12.0. The van der Waals surface area contributed by atoms with Crippen molar-refractivity contribution >= 4 is 40.1 Å². The molecule has 3 N–H and O–H groups in total. The summed E-state index contributed by atoms with van der Waals surface area (Å²) >= 11 is 1.17. The maximum absolute atomic E-state index is 12.9. The van der Waals surface area contributed by atoms with Crippen molar-refractivity contribution in [1.82, 2.24) is 5.32 Å². The maximum atomic E-state index is 12.9. The van der Waals surface area contributed by atoms with Gasteiger partial charge in [-0.05, 0) is 48.5 Å². The molecule has 0 bridgehead atoms. The number of phenols is 1. The number of aromatic hydroxyl groups is 1. The Labute approximate surface area is 147 Å². The zero-order valence-electron chi connectivity index (χ0n) is 12.9. The highest BCUT2D eigenvalue weighted by Gasteiger charge is 2.32. The Hall–Kier alpha value is -2.87. The standard InChI is InChI=1S/C17H14FN3O3S/c18-10-1-3-11(4-2-10)19-15(23)9-14-16(24)21-17(25-14)20-12-5-7-13(22)8-6-12/h1-8,14,22H,9H2,(H,19,23)(H,20,21,24)/t14-/m1/s1. The van der Waals surface area contributed by atoms with Gasteiger partial charge in [-0.15, -0.1) is 0 Å². The molecule has 1 atom stereocenters. The third-order valence-corrected chi connectivity index (χ3v) is 4.44. The van der Waals surface area contributed by atoms with Crippen LogP contribution in [0.3, 0.4) is 0 Å². The molecule has 25 heavy (non-hydrogen) atoms. The lowest BCUT2D eigenvalue weighted by Gasteiger charge is -2.07. The number of amidine groups is 1. The van der Waals surface area contributed by atoms with Gasteiger partial charge < -0.3 is 15.7 Å². The number of phenolic OH excluding ortho intramolecular Hbond substituents is 1. The molecule has 6 nitrogen and oxygen atoms in total. The monoisotopic (exact) mass is 359 g/mol. The zero-order chi connectivity index (χ0) is 17.8. The number of nitrogens with zero attached hydrogens (tertiary/aromatic N) is 1. The number of rotatable bonds is 4. The van der Waals surface area contributed by atoms with Gasteiger partial charge in [0.25, 0.3) is 0 Å². The predicted octanol–water partition coefficient (Wildman–Crippen LogP) is 2.78. The van der Waals surface area contributed by atoms with Gasteiger partial charge in [-0.1, -0.05) is 11.8 Å². The first-order valence-corrected chi connectivity index (χ1v) is 8.28. The highest BCUT2D eigenvalue weighted by Crippen LogP contribution is 2.26. The minimum Gasteiger partial charge on any atom is -0.508 e. The van der Waals surface area contributed by atoms with Crippen molar-refractivity contribution in [2.24, 2.45) is 4.99 Å². The SMILES string of the molecule is O=C(C[C@H]1SC(=Nc2ccc(O)cc2)NC1=O)Nc1ccc(F)cc1. The van der Waals surface area contributed by atoms with E-state index in [9.17, 15) is 19.1 Å². The van der Waals surface area contributed by atoms with Gasteiger partial charge in [-0.25, -0.2) is 9.38 Å². The van der Waals surface area contributed by atoms with Gasteiger partial charge in [0.1, 0.15) is 16.8 Å². The second-order valence-electron chi connectivity index (χ2n) is 5.29. The Balaban J connectivity index is 1.59. The van der Waals surface area contributed by atoms with E-state index in [1.54, 1.807) is 12.1 Å². The average molecular weight is 359 g/mol. The normalized spacial score (nSPS) is 18.2. The van der Waals surface area contributed by atoms with E-state index in [4.69, 9.17) is 0 Å². The Bertz CT molecular complexity index is 822. The molecule has 0 aromatic heterocycles. The minimum atomic E-state index is -0.587. The van der Waals surface area contributed by atoms with Crippen LogP contribution < -0.4 is 10.6 Å². The molecule has 0 unspecified atom stereocenters. The van der Waals surface area contributed by atoms with Crippen LogP contribution in [0, 0.1) is 5.82 Å². The number of hydrogen-bond donors (Lipinski definition) is 3. The molecule has 2 amide bonds. The molecule has 1 aliphatic heterocycles. The molecule has 1 fully saturated rings. The van der Waals surface area contributed by atoms with Crippen LogP contribution in [-0.4, -0.2) is 27.3 Å². The number of carbonyl (C=O) groups excluding carboxylic acids is 2. The van der Waals surface area contributed by atoms with E-state index < -0.39 is 5.25 Å².